The number of guanidine groups is 1. The van der Waals surface area contributed by atoms with E-state index in [2.05, 4.69) is 15.6 Å². The van der Waals surface area contributed by atoms with E-state index in [1.54, 1.807) is 31.4 Å². The summed E-state index contributed by atoms with van der Waals surface area (Å²) >= 11 is 0. The van der Waals surface area contributed by atoms with E-state index in [0.29, 0.717) is 35.0 Å². The first kappa shape index (κ1) is 28.7. The fraction of sp³-hybridized carbons (Fsp3) is 0.464. The summed E-state index contributed by atoms with van der Waals surface area (Å²) in [5.41, 5.74) is 7.42. The maximum Gasteiger partial charge on any atom is 0.245 e. The van der Waals surface area contributed by atoms with Gasteiger partial charge in [0.25, 0.3) is 0 Å². The van der Waals surface area contributed by atoms with Crippen molar-refractivity contribution in [1.82, 2.24) is 10.6 Å². The van der Waals surface area contributed by atoms with E-state index in [4.69, 9.17) is 19.9 Å². The van der Waals surface area contributed by atoms with Gasteiger partial charge in [0, 0.05) is 18.2 Å². The lowest BCUT2D eigenvalue weighted by molar-refractivity contribution is -0.123. The highest BCUT2D eigenvalue weighted by molar-refractivity contribution is 5.98. The first-order chi connectivity index (χ1) is 18.3. The number of halogens is 1. The van der Waals surface area contributed by atoms with Crippen LogP contribution in [0.5, 0.6) is 17.2 Å². The van der Waals surface area contributed by atoms with Crippen LogP contribution >= 0.6 is 0 Å². The van der Waals surface area contributed by atoms with E-state index >= 15 is 0 Å². The summed E-state index contributed by atoms with van der Waals surface area (Å²) in [7, 11) is 4.45. The van der Waals surface area contributed by atoms with Crippen molar-refractivity contribution in [1.29, 1.82) is 0 Å². The molecule has 4 N–H and O–H groups in total. The molecular weight excluding hydrogens is 491 g/mol. The van der Waals surface area contributed by atoms with Gasteiger partial charge < -0.3 is 25.3 Å². The highest BCUT2D eigenvalue weighted by Gasteiger charge is 2.25. The molecule has 2 aromatic carbocycles. The lowest BCUT2D eigenvalue weighted by Crippen LogP contribution is -2.42. The number of nitrogens with zero attached hydrogens (tertiary/aromatic N) is 1. The molecule has 3 rings (SSSR count). The van der Waals surface area contributed by atoms with Gasteiger partial charge in [0.05, 0.1) is 27.8 Å². The van der Waals surface area contributed by atoms with Gasteiger partial charge >= 0.3 is 0 Å². The van der Waals surface area contributed by atoms with Crippen molar-refractivity contribution >= 4 is 17.8 Å². The molecule has 38 heavy (non-hydrogen) atoms. The molecule has 0 aromatic heterocycles. The molecule has 10 heteroatoms. The standard InChI is InChI=1S/C28H37FN4O5/c1-36-21-11-10-20(24(16-21)37-2)15-26(34)33-28(30)32-23(13-18-7-5-4-6-8-18)27(35)31-17-19-9-12-22(29)25(14-19)38-3/h9-12,14,16,18,23H,4-8,13,15,17H2,1-3H3,(H,31,35)(H3,30,32,33,34)/t23-/m1/s1. The van der Waals surface area contributed by atoms with Gasteiger partial charge in [-0.25, -0.2) is 9.38 Å². The fourth-order valence-electron chi connectivity index (χ4n) is 4.64. The molecule has 1 saturated carbocycles. The Balaban J connectivity index is 1.68. The van der Waals surface area contributed by atoms with Gasteiger partial charge in [-0.1, -0.05) is 44.2 Å². The smallest absolute Gasteiger partial charge is 0.245 e. The van der Waals surface area contributed by atoms with E-state index in [0.717, 1.165) is 25.7 Å². The largest absolute Gasteiger partial charge is 0.497 e. The number of nitrogens with one attached hydrogen (secondary N) is 2. The predicted molar refractivity (Wildman–Crippen MR) is 143 cm³/mol. The molecule has 0 radical (unpaired) electrons. The number of hydrogen-bond acceptors (Lipinski definition) is 6. The molecule has 0 spiro atoms. The molecule has 1 aliphatic carbocycles. The van der Waals surface area contributed by atoms with E-state index in [-0.39, 0.29) is 36.5 Å². The van der Waals surface area contributed by atoms with Crippen molar-refractivity contribution in [2.75, 3.05) is 21.3 Å². The molecule has 0 unspecified atom stereocenters. The van der Waals surface area contributed by atoms with Crippen molar-refractivity contribution < 1.29 is 28.2 Å². The molecule has 9 nitrogen and oxygen atoms in total. The zero-order valence-corrected chi connectivity index (χ0v) is 22.2. The Labute approximate surface area is 222 Å². The Morgan fingerprint density at radius 3 is 2.45 bits per heavy atom. The summed E-state index contributed by atoms with van der Waals surface area (Å²) in [6, 6.07) is 8.83. The molecule has 206 valence electrons. The minimum Gasteiger partial charge on any atom is -0.497 e. The quantitative estimate of drug-likeness (QED) is 0.303. The van der Waals surface area contributed by atoms with E-state index in [9.17, 15) is 14.0 Å². The zero-order chi connectivity index (χ0) is 27.5. The fourth-order valence-corrected chi connectivity index (χ4v) is 4.64. The molecule has 1 atom stereocenters. The minimum absolute atomic E-state index is 0.00920. The molecule has 1 aliphatic rings. The summed E-state index contributed by atoms with van der Waals surface area (Å²) in [5.74, 6) is 0.290. The number of ether oxygens (including phenoxy) is 3. The van der Waals surface area contributed by atoms with Crippen LogP contribution < -0.4 is 30.6 Å². The second kappa shape index (κ2) is 14.2. The van der Waals surface area contributed by atoms with E-state index in [1.807, 2.05) is 0 Å². The Kier molecular flexibility index (Phi) is 10.7. The molecule has 0 bridgehead atoms. The average Bonchev–Trinajstić information content (AvgIpc) is 2.92. The van der Waals surface area contributed by atoms with Crippen LogP contribution in [0.1, 0.15) is 49.7 Å². The summed E-state index contributed by atoms with van der Waals surface area (Å²) in [6.07, 6.45) is 6.02. The highest BCUT2D eigenvalue weighted by Crippen LogP contribution is 2.28. The molecule has 2 amide bonds. The van der Waals surface area contributed by atoms with Gasteiger partial charge in [0.1, 0.15) is 17.5 Å². The predicted octanol–water partition coefficient (Wildman–Crippen LogP) is 3.48. The van der Waals surface area contributed by atoms with Crippen LogP contribution in [0.25, 0.3) is 0 Å². The number of benzene rings is 2. The minimum atomic E-state index is -0.767. The van der Waals surface area contributed by atoms with Crippen LogP contribution in [-0.4, -0.2) is 45.1 Å². The summed E-state index contributed by atoms with van der Waals surface area (Å²) in [5, 5.41) is 5.45. The van der Waals surface area contributed by atoms with Crippen LogP contribution in [0.4, 0.5) is 4.39 Å². The van der Waals surface area contributed by atoms with Crippen LogP contribution in [0.3, 0.4) is 0 Å². The Bertz CT molecular complexity index is 1130. The number of nitrogens with two attached hydrogens (primary N) is 1. The maximum absolute atomic E-state index is 13.7. The van der Waals surface area contributed by atoms with Crippen LogP contribution in [0.15, 0.2) is 41.4 Å². The van der Waals surface area contributed by atoms with Crippen molar-refractivity contribution in [3.8, 4) is 17.2 Å². The third-order valence-electron chi connectivity index (χ3n) is 6.67. The van der Waals surface area contributed by atoms with Gasteiger partial charge in [-0.15, -0.1) is 0 Å². The van der Waals surface area contributed by atoms with Gasteiger partial charge in [-0.05, 0) is 36.1 Å². The topological polar surface area (TPSA) is 124 Å². The number of rotatable bonds is 11. The molecular formula is C28H37FN4O5. The molecule has 0 saturated heterocycles. The number of amides is 2. The number of methoxy groups -OCH3 is 3. The maximum atomic E-state index is 13.7. The monoisotopic (exact) mass is 528 g/mol. The van der Waals surface area contributed by atoms with Crippen LogP contribution in [0, 0.1) is 11.7 Å². The Morgan fingerprint density at radius 2 is 1.76 bits per heavy atom. The SMILES string of the molecule is COc1ccc(CC(=O)NC(N)=N[C@H](CC2CCCCC2)C(=O)NCc2ccc(F)c(OC)c2)c(OC)c1. The first-order valence-electron chi connectivity index (χ1n) is 12.8. The summed E-state index contributed by atoms with van der Waals surface area (Å²) in [4.78, 5) is 30.2. The van der Waals surface area contributed by atoms with Crippen molar-refractivity contribution in [3.63, 3.8) is 0 Å². The van der Waals surface area contributed by atoms with E-state index < -0.39 is 11.9 Å². The molecule has 0 aliphatic heterocycles. The normalized spacial score (nSPS) is 14.9. The third kappa shape index (κ3) is 8.36. The Hall–Kier alpha value is -3.82. The van der Waals surface area contributed by atoms with Crippen LogP contribution in [0.2, 0.25) is 0 Å². The number of carbonyl (C=O) groups excluding carboxylic acids is 2. The van der Waals surface area contributed by atoms with Gasteiger partial charge in [-0.2, -0.15) is 0 Å². The average molecular weight is 529 g/mol. The van der Waals surface area contributed by atoms with Crippen LogP contribution in [-0.2, 0) is 22.6 Å². The van der Waals surface area contributed by atoms with E-state index in [1.165, 1.54) is 32.8 Å². The molecule has 2 aromatic rings. The Morgan fingerprint density at radius 1 is 1.03 bits per heavy atom. The van der Waals surface area contributed by atoms with Crippen molar-refractivity contribution in [3.05, 3.63) is 53.3 Å². The third-order valence-corrected chi connectivity index (χ3v) is 6.67. The summed E-state index contributed by atoms with van der Waals surface area (Å²) < 4.78 is 29.3. The van der Waals surface area contributed by atoms with Gasteiger partial charge in [0.15, 0.2) is 17.5 Å². The lowest BCUT2D eigenvalue weighted by Gasteiger charge is -2.24. The zero-order valence-electron chi connectivity index (χ0n) is 22.2. The van der Waals surface area contributed by atoms with Crippen molar-refractivity contribution in [2.24, 2.45) is 16.6 Å². The summed E-state index contributed by atoms with van der Waals surface area (Å²) in [6.45, 7) is 0.176. The molecule has 0 heterocycles. The first-order valence-corrected chi connectivity index (χ1v) is 12.8. The number of carbonyl (C=O) groups is 2. The van der Waals surface area contributed by atoms with Crippen molar-refractivity contribution in [2.45, 2.75) is 57.5 Å². The highest BCUT2D eigenvalue weighted by atomic mass is 19.1. The van der Waals surface area contributed by atoms with Gasteiger partial charge in [0.2, 0.25) is 11.8 Å². The van der Waals surface area contributed by atoms with Gasteiger partial charge in [-0.3, -0.25) is 14.9 Å². The number of aliphatic imine (C=N–C) groups is 1. The second-order valence-corrected chi connectivity index (χ2v) is 9.36. The molecule has 1 fully saturated rings. The lowest BCUT2D eigenvalue weighted by atomic mass is 9.84. The second-order valence-electron chi connectivity index (χ2n) is 9.36. The number of hydrogen-bond donors (Lipinski definition) is 3.